The molecule has 0 aromatic heterocycles. The Morgan fingerprint density at radius 2 is 2.27 bits per heavy atom. The van der Waals surface area contributed by atoms with E-state index in [2.05, 4.69) is 15.9 Å². The van der Waals surface area contributed by atoms with Crippen molar-refractivity contribution >= 4 is 28.2 Å². The zero-order valence-electron chi connectivity index (χ0n) is 7.92. The molecular weight excluding hydrogens is 267 g/mol. The van der Waals surface area contributed by atoms with E-state index >= 15 is 0 Å². The number of benzene rings is 1. The van der Waals surface area contributed by atoms with Crippen LogP contribution >= 0.6 is 15.9 Å². The second-order valence-corrected chi connectivity index (χ2v) is 3.55. The number of halogens is 2. The highest BCUT2D eigenvalue weighted by Gasteiger charge is 2.14. The van der Waals surface area contributed by atoms with E-state index in [1.54, 1.807) is 6.92 Å². The molecule has 1 aromatic carbocycles. The van der Waals surface area contributed by atoms with Crippen molar-refractivity contribution in [1.29, 1.82) is 0 Å². The Morgan fingerprint density at radius 3 is 2.80 bits per heavy atom. The van der Waals surface area contributed by atoms with E-state index in [0.29, 0.717) is 10.8 Å². The van der Waals surface area contributed by atoms with Gasteiger partial charge < -0.3 is 4.74 Å². The number of esters is 1. The van der Waals surface area contributed by atoms with Gasteiger partial charge in [0, 0.05) is 4.47 Å². The topological polar surface area (TPSA) is 43.4 Å². The third-order valence-electron chi connectivity index (χ3n) is 1.71. The minimum Gasteiger partial charge on any atom is -0.462 e. The van der Waals surface area contributed by atoms with Gasteiger partial charge >= 0.3 is 5.97 Å². The Bertz CT molecular complexity index is 404. The minimum absolute atomic E-state index is 0.0694. The van der Waals surface area contributed by atoms with E-state index in [0.717, 1.165) is 6.07 Å². The van der Waals surface area contributed by atoms with Gasteiger partial charge in [0.05, 0.1) is 17.7 Å². The van der Waals surface area contributed by atoms with Crippen molar-refractivity contribution in [2.45, 2.75) is 6.92 Å². The molecular formula is C10H8BrFO3. The molecule has 0 radical (unpaired) electrons. The van der Waals surface area contributed by atoms with Crippen LogP contribution in [-0.4, -0.2) is 18.9 Å². The van der Waals surface area contributed by atoms with Crippen molar-refractivity contribution in [2.75, 3.05) is 6.61 Å². The largest absolute Gasteiger partial charge is 0.462 e. The van der Waals surface area contributed by atoms with Gasteiger partial charge in [0.25, 0.3) is 0 Å². The Balaban J connectivity index is 3.15. The van der Waals surface area contributed by atoms with Crippen molar-refractivity contribution < 1.29 is 18.7 Å². The number of hydrogen-bond donors (Lipinski definition) is 0. The normalized spacial score (nSPS) is 9.80. The molecule has 0 spiro atoms. The average Bonchev–Trinajstić information content (AvgIpc) is 2.21. The summed E-state index contributed by atoms with van der Waals surface area (Å²) in [6.07, 6.45) is 0.384. The van der Waals surface area contributed by atoms with Gasteiger partial charge in [0.2, 0.25) is 0 Å². The van der Waals surface area contributed by atoms with Crippen LogP contribution in [0.15, 0.2) is 16.6 Å². The summed E-state index contributed by atoms with van der Waals surface area (Å²) >= 11 is 3.07. The fourth-order valence-corrected chi connectivity index (χ4v) is 1.54. The monoisotopic (exact) mass is 274 g/mol. The quantitative estimate of drug-likeness (QED) is 0.629. The second kappa shape index (κ2) is 5.02. The molecule has 0 aliphatic carbocycles. The molecule has 0 bridgehead atoms. The molecule has 0 saturated heterocycles. The summed E-state index contributed by atoms with van der Waals surface area (Å²) in [6, 6.07) is 2.22. The number of carbonyl (C=O) groups excluding carboxylic acids is 2. The molecule has 15 heavy (non-hydrogen) atoms. The summed E-state index contributed by atoms with van der Waals surface area (Å²) in [4.78, 5) is 21.7. The van der Waals surface area contributed by atoms with Gasteiger partial charge in [-0.25, -0.2) is 9.18 Å². The first-order valence-electron chi connectivity index (χ1n) is 4.21. The molecule has 0 N–H and O–H groups in total. The van der Waals surface area contributed by atoms with E-state index < -0.39 is 11.8 Å². The molecule has 3 nitrogen and oxygen atoms in total. The summed E-state index contributed by atoms with van der Waals surface area (Å²) in [7, 11) is 0. The van der Waals surface area contributed by atoms with Crippen LogP contribution in [0.5, 0.6) is 0 Å². The highest BCUT2D eigenvalue weighted by Crippen LogP contribution is 2.21. The molecule has 5 heteroatoms. The van der Waals surface area contributed by atoms with Crippen LogP contribution in [-0.2, 0) is 4.74 Å². The average molecular weight is 275 g/mol. The molecule has 0 atom stereocenters. The van der Waals surface area contributed by atoms with Gasteiger partial charge in [-0.3, -0.25) is 4.79 Å². The van der Waals surface area contributed by atoms with Gasteiger partial charge in [-0.2, -0.15) is 0 Å². The fraction of sp³-hybridized carbons (Fsp3) is 0.200. The van der Waals surface area contributed by atoms with Crippen LogP contribution in [0, 0.1) is 5.82 Å². The molecule has 0 aliphatic rings. The Kier molecular flexibility index (Phi) is 3.96. The first kappa shape index (κ1) is 11.8. The molecule has 0 fully saturated rings. The summed E-state index contributed by atoms with van der Waals surface area (Å²) in [5.74, 6) is -1.36. The number of ether oxygens (including phenoxy) is 1. The van der Waals surface area contributed by atoms with Crippen molar-refractivity contribution in [1.82, 2.24) is 0 Å². The predicted molar refractivity (Wildman–Crippen MR) is 55.4 cm³/mol. The Labute approximate surface area is 94.4 Å². The van der Waals surface area contributed by atoms with Gasteiger partial charge in [0.15, 0.2) is 6.29 Å². The van der Waals surface area contributed by atoms with Crippen LogP contribution < -0.4 is 0 Å². The van der Waals surface area contributed by atoms with Crippen LogP contribution in [0.1, 0.15) is 27.6 Å². The first-order valence-corrected chi connectivity index (χ1v) is 5.00. The second-order valence-electron chi connectivity index (χ2n) is 2.69. The zero-order valence-corrected chi connectivity index (χ0v) is 9.51. The van der Waals surface area contributed by atoms with Gasteiger partial charge in [-0.15, -0.1) is 0 Å². The predicted octanol–water partition coefficient (Wildman–Crippen LogP) is 2.58. The van der Waals surface area contributed by atoms with Crippen molar-refractivity contribution in [2.24, 2.45) is 0 Å². The lowest BCUT2D eigenvalue weighted by atomic mass is 10.1. The first-order chi connectivity index (χ1) is 7.10. The molecule has 0 saturated carbocycles. The fourth-order valence-electron chi connectivity index (χ4n) is 1.02. The molecule has 80 valence electrons. The van der Waals surface area contributed by atoms with E-state index in [1.807, 2.05) is 0 Å². The molecule has 0 heterocycles. The summed E-state index contributed by atoms with van der Waals surface area (Å²) < 4.78 is 18.2. The highest BCUT2D eigenvalue weighted by atomic mass is 79.9. The zero-order chi connectivity index (χ0) is 11.4. The smallest absolute Gasteiger partial charge is 0.339 e. The Morgan fingerprint density at radius 1 is 1.60 bits per heavy atom. The summed E-state index contributed by atoms with van der Waals surface area (Å²) in [6.45, 7) is 1.87. The van der Waals surface area contributed by atoms with E-state index in [-0.39, 0.29) is 17.7 Å². The molecule has 0 unspecified atom stereocenters. The number of aldehydes is 1. The lowest BCUT2D eigenvalue weighted by Gasteiger charge is -2.05. The number of hydrogen-bond acceptors (Lipinski definition) is 3. The lowest BCUT2D eigenvalue weighted by Crippen LogP contribution is -2.07. The SMILES string of the molecule is CCOC(=O)c1cc(F)c(C=O)cc1Br. The third kappa shape index (κ3) is 2.62. The molecule has 0 amide bonds. The lowest BCUT2D eigenvalue weighted by molar-refractivity contribution is 0.0524. The maximum Gasteiger partial charge on any atom is 0.339 e. The van der Waals surface area contributed by atoms with Crippen LogP contribution in [0.25, 0.3) is 0 Å². The summed E-state index contributed by atoms with van der Waals surface area (Å²) in [5, 5.41) is 0. The highest BCUT2D eigenvalue weighted by molar-refractivity contribution is 9.10. The van der Waals surface area contributed by atoms with Gasteiger partial charge in [-0.1, -0.05) is 0 Å². The van der Waals surface area contributed by atoms with Crippen molar-refractivity contribution in [3.63, 3.8) is 0 Å². The van der Waals surface area contributed by atoms with E-state index in [1.165, 1.54) is 6.07 Å². The van der Waals surface area contributed by atoms with E-state index in [9.17, 15) is 14.0 Å². The molecule has 1 aromatic rings. The summed E-state index contributed by atoms with van der Waals surface area (Å²) in [5.41, 5.74) is -0.0325. The Hall–Kier alpha value is -1.23. The van der Waals surface area contributed by atoms with Crippen LogP contribution in [0.2, 0.25) is 0 Å². The van der Waals surface area contributed by atoms with Crippen LogP contribution in [0.4, 0.5) is 4.39 Å². The standard InChI is InChI=1S/C10H8BrFO3/c1-2-15-10(14)7-4-9(12)6(5-13)3-8(7)11/h3-5H,2H2,1H3. The van der Waals surface area contributed by atoms with E-state index in [4.69, 9.17) is 4.74 Å². The van der Waals surface area contributed by atoms with Gasteiger partial charge in [0.1, 0.15) is 5.82 Å². The maximum absolute atomic E-state index is 13.2. The number of rotatable bonds is 3. The minimum atomic E-state index is -0.740. The third-order valence-corrected chi connectivity index (χ3v) is 2.36. The van der Waals surface area contributed by atoms with Crippen LogP contribution in [0.3, 0.4) is 0 Å². The van der Waals surface area contributed by atoms with Gasteiger partial charge in [-0.05, 0) is 35.0 Å². The van der Waals surface area contributed by atoms with Crippen molar-refractivity contribution in [3.8, 4) is 0 Å². The number of carbonyl (C=O) groups is 2. The maximum atomic E-state index is 13.2. The molecule has 0 aliphatic heterocycles. The molecule has 1 rings (SSSR count). The van der Waals surface area contributed by atoms with Crippen molar-refractivity contribution in [3.05, 3.63) is 33.5 Å².